The molecule has 8 atom stereocenters. The first-order valence-electron chi connectivity index (χ1n) is 13.9. The first-order valence-corrected chi connectivity index (χ1v) is 13.9. The Morgan fingerprint density at radius 3 is 2.18 bits per heavy atom. The molecular formula is C30H46O3. The SMILES string of the molecule is CC1(C)CC(=O)C23CCC4(C)C5(C)CCC6C(C)(C)C(=O)CCC6(C)C5CCC4(OC2)C3C1. The minimum absolute atomic E-state index is 0.0827. The summed E-state index contributed by atoms with van der Waals surface area (Å²) in [6.07, 6.45) is 10.5. The molecule has 3 heteroatoms. The molecule has 0 radical (unpaired) electrons. The van der Waals surface area contributed by atoms with Crippen LogP contribution in [-0.2, 0) is 14.3 Å². The lowest BCUT2D eigenvalue weighted by Gasteiger charge is -2.74. The number of rotatable bonds is 0. The van der Waals surface area contributed by atoms with Crippen molar-refractivity contribution < 1.29 is 14.3 Å². The Labute approximate surface area is 201 Å². The Kier molecular flexibility index (Phi) is 4.25. The third-order valence-corrected chi connectivity index (χ3v) is 13.6. The summed E-state index contributed by atoms with van der Waals surface area (Å²) in [7, 11) is 0. The predicted octanol–water partition coefficient (Wildman–Crippen LogP) is 6.77. The minimum Gasteiger partial charge on any atom is -0.373 e. The molecule has 184 valence electrons. The number of hydrogen-bond acceptors (Lipinski definition) is 3. The predicted molar refractivity (Wildman–Crippen MR) is 130 cm³/mol. The smallest absolute Gasteiger partial charge is 0.142 e. The standard InChI is InChI=1S/C30H46O3/c1-24(2)16-21-29(23(32)17-24)15-14-28(7)27(6)12-8-19-25(3,4)22(31)10-11-26(19,5)20(27)9-13-30(21,28)33-18-29/h19-21H,8-18H2,1-7H3. The van der Waals surface area contributed by atoms with E-state index in [1.165, 1.54) is 12.8 Å². The van der Waals surface area contributed by atoms with Crippen molar-refractivity contribution in [3.63, 3.8) is 0 Å². The molecule has 1 saturated heterocycles. The first kappa shape index (κ1) is 22.7. The monoisotopic (exact) mass is 454 g/mol. The van der Waals surface area contributed by atoms with Crippen molar-refractivity contribution in [2.24, 2.45) is 50.2 Å². The maximum absolute atomic E-state index is 13.6. The molecule has 3 nitrogen and oxygen atoms in total. The van der Waals surface area contributed by atoms with Crippen molar-refractivity contribution in [2.45, 2.75) is 118 Å². The normalized spacial score (nSPS) is 56.4. The summed E-state index contributed by atoms with van der Waals surface area (Å²) in [4.78, 5) is 26.5. The van der Waals surface area contributed by atoms with Crippen LogP contribution in [0, 0.1) is 50.2 Å². The van der Waals surface area contributed by atoms with Crippen molar-refractivity contribution in [1.29, 1.82) is 0 Å². The van der Waals surface area contributed by atoms with Gasteiger partial charge in [0.05, 0.1) is 17.6 Å². The van der Waals surface area contributed by atoms with E-state index in [0.717, 1.165) is 51.4 Å². The summed E-state index contributed by atoms with van der Waals surface area (Å²) in [6, 6.07) is 0. The third-order valence-electron chi connectivity index (χ3n) is 13.6. The Morgan fingerprint density at radius 2 is 1.45 bits per heavy atom. The van der Waals surface area contributed by atoms with E-state index in [1.807, 2.05) is 0 Å². The van der Waals surface area contributed by atoms with Gasteiger partial charge < -0.3 is 4.74 Å². The highest BCUT2D eigenvalue weighted by Gasteiger charge is 2.79. The molecule has 5 aliphatic carbocycles. The molecule has 6 aliphatic rings. The maximum Gasteiger partial charge on any atom is 0.142 e. The summed E-state index contributed by atoms with van der Waals surface area (Å²) < 4.78 is 7.04. The van der Waals surface area contributed by atoms with Crippen LogP contribution < -0.4 is 0 Å². The van der Waals surface area contributed by atoms with Gasteiger partial charge in [0.25, 0.3) is 0 Å². The van der Waals surface area contributed by atoms with Crippen LogP contribution in [0.5, 0.6) is 0 Å². The number of Topliss-reactive ketones (excluding diaryl/α,β-unsaturated/α-hetero) is 2. The molecule has 0 aromatic heterocycles. The van der Waals surface area contributed by atoms with Gasteiger partial charge in [-0.15, -0.1) is 0 Å². The highest BCUT2D eigenvalue weighted by Crippen LogP contribution is 2.80. The van der Waals surface area contributed by atoms with E-state index in [9.17, 15) is 9.59 Å². The van der Waals surface area contributed by atoms with Gasteiger partial charge in [0.1, 0.15) is 11.6 Å². The zero-order chi connectivity index (χ0) is 23.9. The molecule has 5 saturated carbocycles. The van der Waals surface area contributed by atoms with Crippen LogP contribution in [0.1, 0.15) is 113 Å². The molecule has 1 spiro atoms. The van der Waals surface area contributed by atoms with Gasteiger partial charge in [0, 0.05) is 29.6 Å². The van der Waals surface area contributed by atoms with Crippen LogP contribution in [0.25, 0.3) is 0 Å². The van der Waals surface area contributed by atoms with E-state index >= 15 is 0 Å². The Hall–Kier alpha value is -0.700. The fourth-order valence-corrected chi connectivity index (χ4v) is 11.7. The van der Waals surface area contributed by atoms with Crippen LogP contribution in [-0.4, -0.2) is 23.8 Å². The highest BCUT2D eigenvalue weighted by molar-refractivity contribution is 5.88. The molecule has 0 N–H and O–H groups in total. The summed E-state index contributed by atoms with van der Waals surface area (Å²) in [6.45, 7) is 17.5. The molecule has 2 bridgehead atoms. The first-order chi connectivity index (χ1) is 15.2. The van der Waals surface area contributed by atoms with Gasteiger partial charge in [0.15, 0.2) is 0 Å². The number of carbonyl (C=O) groups is 2. The van der Waals surface area contributed by atoms with Crippen LogP contribution in [0.2, 0.25) is 0 Å². The van der Waals surface area contributed by atoms with E-state index in [2.05, 4.69) is 48.5 Å². The second kappa shape index (κ2) is 6.16. The lowest BCUT2D eigenvalue weighted by atomic mass is 9.31. The zero-order valence-corrected chi connectivity index (χ0v) is 22.2. The van der Waals surface area contributed by atoms with Gasteiger partial charge in [-0.2, -0.15) is 0 Å². The molecule has 33 heavy (non-hydrogen) atoms. The molecule has 0 amide bonds. The highest BCUT2D eigenvalue weighted by atomic mass is 16.5. The van der Waals surface area contributed by atoms with Crippen LogP contribution >= 0.6 is 0 Å². The van der Waals surface area contributed by atoms with Gasteiger partial charge in [-0.25, -0.2) is 0 Å². The summed E-state index contributed by atoms with van der Waals surface area (Å²) in [5.74, 6) is 2.49. The van der Waals surface area contributed by atoms with Crippen molar-refractivity contribution >= 4 is 11.6 Å². The van der Waals surface area contributed by atoms with Gasteiger partial charge in [-0.3, -0.25) is 9.59 Å². The molecule has 0 aromatic carbocycles. The van der Waals surface area contributed by atoms with Crippen LogP contribution in [0.4, 0.5) is 0 Å². The Balaban J connectivity index is 1.45. The lowest BCUT2D eigenvalue weighted by molar-refractivity contribution is -0.278. The minimum atomic E-state index is -0.210. The average molecular weight is 455 g/mol. The van der Waals surface area contributed by atoms with E-state index in [4.69, 9.17) is 4.74 Å². The number of hydrogen-bond donors (Lipinski definition) is 0. The van der Waals surface area contributed by atoms with E-state index in [0.29, 0.717) is 35.9 Å². The Bertz CT molecular complexity index is 933. The zero-order valence-electron chi connectivity index (χ0n) is 22.2. The van der Waals surface area contributed by atoms with Crippen LogP contribution in [0.15, 0.2) is 0 Å². The van der Waals surface area contributed by atoms with Crippen molar-refractivity contribution in [1.82, 2.24) is 0 Å². The van der Waals surface area contributed by atoms with Gasteiger partial charge in [-0.05, 0) is 79.4 Å². The fourth-order valence-electron chi connectivity index (χ4n) is 11.7. The summed E-state index contributed by atoms with van der Waals surface area (Å²) in [5.41, 5.74) is 0.0551. The quantitative estimate of drug-likeness (QED) is 0.406. The second-order valence-electron chi connectivity index (χ2n) is 15.4. The van der Waals surface area contributed by atoms with Gasteiger partial charge >= 0.3 is 0 Å². The van der Waals surface area contributed by atoms with Crippen molar-refractivity contribution in [3.05, 3.63) is 0 Å². The molecule has 6 fully saturated rings. The van der Waals surface area contributed by atoms with Crippen molar-refractivity contribution in [2.75, 3.05) is 6.61 Å². The Morgan fingerprint density at radius 1 is 0.758 bits per heavy atom. The van der Waals surface area contributed by atoms with E-state index < -0.39 is 0 Å². The summed E-state index contributed by atoms with van der Waals surface area (Å²) >= 11 is 0. The van der Waals surface area contributed by atoms with E-state index in [-0.39, 0.29) is 38.1 Å². The topological polar surface area (TPSA) is 43.4 Å². The molecule has 6 rings (SSSR count). The molecule has 1 heterocycles. The van der Waals surface area contributed by atoms with E-state index in [1.54, 1.807) is 0 Å². The largest absolute Gasteiger partial charge is 0.373 e. The maximum atomic E-state index is 13.6. The lowest BCUT2D eigenvalue weighted by Crippen LogP contribution is -2.72. The molecule has 8 unspecified atom stereocenters. The van der Waals surface area contributed by atoms with Crippen LogP contribution in [0.3, 0.4) is 0 Å². The van der Waals surface area contributed by atoms with Gasteiger partial charge in [0.2, 0.25) is 0 Å². The van der Waals surface area contributed by atoms with Gasteiger partial charge in [-0.1, -0.05) is 48.5 Å². The third kappa shape index (κ3) is 2.33. The molecule has 0 aromatic rings. The average Bonchev–Trinajstić information content (AvgIpc) is 2.94. The molecule has 1 aliphatic heterocycles. The number of carbonyl (C=O) groups excluding carboxylic acids is 2. The number of ketones is 2. The second-order valence-corrected chi connectivity index (χ2v) is 15.4. The van der Waals surface area contributed by atoms with Crippen molar-refractivity contribution in [3.8, 4) is 0 Å². The fraction of sp³-hybridized carbons (Fsp3) is 0.933. The number of fused-ring (bicyclic) bond motifs is 4. The summed E-state index contributed by atoms with van der Waals surface area (Å²) in [5, 5.41) is 0. The number of ether oxygens (including phenoxy) is 1. The molecular weight excluding hydrogens is 408 g/mol.